The van der Waals surface area contributed by atoms with E-state index in [1.807, 2.05) is 0 Å². The van der Waals surface area contributed by atoms with Crippen molar-refractivity contribution in [2.75, 3.05) is 33.0 Å². The third-order valence-corrected chi connectivity index (χ3v) is 2.45. The van der Waals surface area contributed by atoms with E-state index in [2.05, 4.69) is 4.74 Å². The minimum absolute atomic E-state index is 0.117. The van der Waals surface area contributed by atoms with Crippen molar-refractivity contribution in [1.29, 1.82) is 0 Å². The van der Waals surface area contributed by atoms with E-state index in [0.29, 0.717) is 13.2 Å². The molecule has 0 aliphatic rings. The van der Waals surface area contributed by atoms with Gasteiger partial charge in [-0.1, -0.05) is 0 Å². The SMILES string of the molecule is CCOCCOCCOC(=O)c1c(F)c(F)c(F)c(F)c1F. The monoisotopic (exact) mass is 328 g/mol. The normalized spacial score (nSPS) is 10.8. The Kier molecular flexibility index (Phi) is 7.19. The summed E-state index contributed by atoms with van der Waals surface area (Å²) in [6, 6.07) is 0. The van der Waals surface area contributed by atoms with E-state index in [4.69, 9.17) is 9.47 Å². The molecule has 0 aliphatic heterocycles. The zero-order valence-corrected chi connectivity index (χ0v) is 11.6. The first kappa shape index (κ1) is 18.3. The maximum Gasteiger partial charge on any atom is 0.344 e. The molecule has 124 valence electrons. The first-order chi connectivity index (χ1) is 10.4. The summed E-state index contributed by atoms with van der Waals surface area (Å²) in [6.07, 6.45) is 0. The van der Waals surface area contributed by atoms with E-state index in [0.717, 1.165) is 0 Å². The summed E-state index contributed by atoms with van der Waals surface area (Å²) in [6.45, 7) is 2.26. The molecular formula is C13H13F5O4. The molecule has 0 unspecified atom stereocenters. The van der Waals surface area contributed by atoms with Crippen molar-refractivity contribution in [1.82, 2.24) is 0 Å². The Labute approximate surface area is 122 Å². The van der Waals surface area contributed by atoms with Gasteiger partial charge in [-0.3, -0.25) is 0 Å². The summed E-state index contributed by atoms with van der Waals surface area (Å²) in [5.74, 6) is -12.9. The Balaban J connectivity index is 2.60. The number of esters is 1. The van der Waals surface area contributed by atoms with Crippen LogP contribution in [0.3, 0.4) is 0 Å². The lowest BCUT2D eigenvalue weighted by atomic mass is 10.1. The average Bonchev–Trinajstić information content (AvgIpc) is 2.50. The van der Waals surface area contributed by atoms with Gasteiger partial charge in [0.05, 0.1) is 19.8 Å². The molecule has 4 nitrogen and oxygen atoms in total. The van der Waals surface area contributed by atoms with Crippen molar-refractivity contribution >= 4 is 5.97 Å². The van der Waals surface area contributed by atoms with Crippen LogP contribution in [0.2, 0.25) is 0 Å². The van der Waals surface area contributed by atoms with E-state index in [-0.39, 0.29) is 13.2 Å². The molecule has 0 saturated heterocycles. The van der Waals surface area contributed by atoms with Gasteiger partial charge in [0.25, 0.3) is 0 Å². The number of carbonyl (C=O) groups excluding carboxylic acids is 1. The number of hydrogen-bond donors (Lipinski definition) is 0. The smallest absolute Gasteiger partial charge is 0.344 e. The zero-order chi connectivity index (χ0) is 16.7. The van der Waals surface area contributed by atoms with Crippen LogP contribution in [-0.2, 0) is 14.2 Å². The fourth-order valence-electron chi connectivity index (χ4n) is 1.41. The first-order valence-electron chi connectivity index (χ1n) is 6.25. The van der Waals surface area contributed by atoms with Gasteiger partial charge in [0.15, 0.2) is 23.3 Å². The van der Waals surface area contributed by atoms with Gasteiger partial charge in [0.2, 0.25) is 5.82 Å². The molecule has 9 heteroatoms. The highest BCUT2D eigenvalue weighted by Gasteiger charge is 2.30. The van der Waals surface area contributed by atoms with Gasteiger partial charge < -0.3 is 14.2 Å². The predicted molar refractivity (Wildman–Crippen MR) is 63.8 cm³/mol. The third kappa shape index (κ3) is 4.38. The number of hydrogen-bond acceptors (Lipinski definition) is 4. The Morgan fingerprint density at radius 3 is 1.77 bits per heavy atom. The molecule has 0 aromatic heterocycles. The molecule has 0 N–H and O–H groups in total. The molecule has 0 spiro atoms. The van der Waals surface area contributed by atoms with Gasteiger partial charge in [-0.05, 0) is 6.92 Å². The highest BCUT2D eigenvalue weighted by atomic mass is 19.2. The standard InChI is InChI=1S/C13H13F5O4/c1-2-20-3-4-21-5-6-22-13(19)7-8(14)10(16)12(18)11(17)9(7)15/h2-6H2,1H3. The van der Waals surface area contributed by atoms with Crippen LogP contribution in [-0.4, -0.2) is 39.0 Å². The second-order valence-electron chi connectivity index (χ2n) is 3.89. The van der Waals surface area contributed by atoms with Gasteiger partial charge in [0.1, 0.15) is 12.2 Å². The van der Waals surface area contributed by atoms with E-state index in [1.165, 1.54) is 0 Å². The Bertz CT molecular complexity index is 507. The summed E-state index contributed by atoms with van der Waals surface area (Å²) >= 11 is 0. The summed E-state index contributed by atoms with van der Waals surface area (Å²) in [4.78, 5) is 11.4. The molecule has 0 atom stereocenters. The molecule has 0 heterocycles. The van der Waals surface area contributed by atoms with Crippen molar-refractivity contribution in [3.63, 3.8) is 0 Å². The van der Waals surface area contributed by atoms with E-state index in [1.54, 1.807) is 6.92 Å². The van der Waals surface area contributed by atoms with E-state index in [9.17, 15) is 26.7 Å². The number of ether oxygens (including phenoxy) is 3. The van der Waals surface area contributed by atoms with Crippen LogP contribution in [0, 0.1) is 29.1 Å². The summed E-state index contributed by atoms with van der Waals surface area (Å²) in [7, 11) is 0. The highest BCUT2D eigenvalue weighted by Crippen LogP contribution is 2.23. The lowest BCUT2D eigenvalue weighted by molar-refractivity contribution is 0.0156. The van der Waals surface area contributed by atoms with Crippen LogP contribution in [0.1, 0.15) is 17.3 Å². The highest BCUT2D eigenvalue weighted by molar-refractivity contribution is 5.90. The van der Waals surface area contributed by atoms with Crippen molar-refractivity contribution in [2.24, 2.45) is 0 Å². The molecule has 0 bridgehead atoms. The predicted octanol–water partition coefficient (Wildman–Crippen LogP) is 2.59. The number of carbonyl (C=O) groups is 1. The summed E-state index contributed by atoms with van der Waals surface area (Å²) in [5, 5.41) is 0. The largest absolute Gasteiger partial charge is 0.459 e. The second-order valence-corrected chi connectivity index (χ2v) is 3.89. The molecular weight excluding hydrogens is 315 g/mol. The second kappa shape index (κ2) is 8.64. The fraction of sp³-hybridized carbons (Fsp3) is 0.462. The number of rotatable bonds is 8. The molecule has 0 aliphatic carbocycles. The van der Waals surface area contributed by atoms with Gasteiger partial charge >= 0.3 is 5.97 Å². The van der Waals surface area contributed by atoms with Crippen molar-refractivity contribution in [3.05, 3.63) is 34.6 Å². The lowest BCUT2D eigenvalue weighted by Crippen LogP contribution is -2.18. The van der Waals surface area contributed by atoms with Crippen LogP contribution < -0.4 is 0 Å². The van der Waals surface area contributed by atoms with Crippen molar-refractivity contribution in [2.45, 2.75) is 6.92 Å². The Morgan fingerprint density at radius 1 is 0.773 bits per heavy atom. The van der Waals surface area contributed by atoms with Crippen molar-refractivity contribution < 1.29 is 41.0 Å². The topological polar surface area (TPSA) is 44.8 Å². The van der Waals surface area contributed by atoms with Crippen LogP contribution in [0.15, 0.2) is 0 Å². The molecule has 0 amide bonds. The molecule has 1 rings (SSSR count). The third-order valence-electron chi connectivity index (χ3n) is 2.45. The van der Waals surface area contributed by atoms with Crippen LogP contribution in [0.25, 0.3) is 0 Å². The minimum Gasteiger partial charge on any atom is -0.459 e. The first-order valence-corrected chi connectivity index (χ1v) is 6.25. The average molecular weight is 328 g/mol. The van der Waals surface area contributed by atoms with Crippen molar-refractivity contribution in [3.8, 4) is 0 Å². The van der Waals surface area contributed by atoms with Gasteiger partial charge in [-0.25, -0.2) is 26.7 Å². The summed E-state index contributed by atoms with van der Waals surface area (Å²) < 4.78 is 79.5. The Hall–Kier alpha value is -1.74. The van der Waals surface area contributed by atoms with E-state index < -0.39 is 47.2 Å². The lowest BCUT2D eigenvalue weighted by Gasteiger charge is -2.09. The Morgan fingerprint density at radius 2 is 1.23 bits per heavy atom. The fourth-order valence-corrected chi connectivity index (χ4v) is 1.41. The van der Waals surface area contributed by atoms with E-state index >= 15 is 0 Å². The maximum absolute atomic E-state index is 13.3. The molecule has 0 fully saturated rings. The molecule has 1 aromatic carbocycles. The molecule has 22 heavy (non-hydrogen) atoms. The molecule has 1 aromatic rings. The number of benzene rings is 1. The van der Waals surface area contributed by atoms with Crippen LogP contribution in [0.4, 0.5) is 22.0 Å². The number of halogens is 5. The van der Waals surface area contributed by atoms with Crippen LogP contribution >= 0.6 is 0 Å². The maximum atomic E-state index is 13.3. The summed E-state index contributed by atoms with van der Waals surface area (Å²) in [5.41, 5.74) is -1.63. The van der Waals surface area contributed by atoms with Gasteiger partial charge in [-0.15, -0.1) is 0 Å². The quantitative estimate of drug-likeness (QED) is 0.242. The zero-order valence-electron chi connectivity index (χ0n) is 11.6. The van der Waals surface area contributed by atoms with Crippen LogP contribution in [0.5, 0.6) is 0 Å². The molecule has 0 saturated carbocycles. The molecule has 0 radical (unpaired) electrons. The van der Waals surface area contributed by atoms with Gasteiger partial charge in [-0.2, -0.15) is 0 Å². The van der Waals surface area contributed by atoms with Gasteiger partial charge in [0, 0.05) is 6.61 Å². The minimum atomic E-state index is -2.34.